The normalized spacial score (nSPS) is 10.8. The summed E-state index contributed by atoms with van der Waals surface area (Å²) in [7, 11) is -0.400. The Morgan fingerprint density at radius 1 is 1.08 bits per heavy atom. The van der Waals surface area contributed by atoms with Crippen LogP contribution in [0.4, 0.5) is 0 Å². The van der Waals surface area contributed by atoms with Crippen LogP contribution in [0.25, 0.3) is 0 Å². The van der Waals surface area contributed by atoms with E-state index in [1.165, 1.54) is 32.1 Å². The van der Waals surface area contributed by atoms with Gasteiger partial charge in [0, 0.05) is 0 Å². The quantitative estimate of drug-likeness (QED) is 0.243. The first-order valence-corrected chi connectivity index (χ1v) is 5.26. The van der Waals surface area contributed by atoms with Crippen molar-refractivity contribution in [2.75, 3.05) is 6.61 Å². The van der Waals surface area contributed by atoms with E-state index in [1.54, 1.807) is 0 Å². The van der Waals surface area contributed by atoms with Gasteiger partial charge in [0.15, 0.2) is 0 Å². The molecule has 0 N–H and O–H groups in total. The van der Waals surface area contributed by atoms with Crippen molar-refractivity contribution in [3.63, 3.8) is 0 Å². The van der Waals surface area contributed by atoms with Gasteiger partial charge in [-0.2, -0.15) is 0 Å². The average molecular weight is 192 g/mol. The Bertz CT molecular complexity index is 98.3. The second kappa shape index (κ2) is 11.0. The highest BCUT2D eigenvalue weighted by atomic mass is 31.1. The third-order valence-electron chi connectivity index (χ3n) is 1.66. The number of hydrogen-bond acceptors (Lipinski definition) is 3. The molecule has 0 bridgehead atoms. The van der Waals surface area contributed by atoms with E-state index in [2.05, 4.69) is 16.5 Å². The Morgan fingerprint density at radius 2 is 1.75 bits per heavy atom. The molecule has 0 radical (unpaired) electrons. The molecule has 0 aliphatic heterocycles. The molecule has 0 aromatic rings. The Hall–Kier alpha value is 0.0200. The first-order valence-electron chi connectivity index (χ1n) is 4.53. The van der Waals surface area contributed by atoms with E-state index in [1.807, 2.05) is 0 Å². The van der Waals surface area contributed by atoms with Crippen molar-refractivity contribution in [2.45, 2.75) is 45.4 Å². The van der Waals surface area contributed by atoms with Gasteiger partial charge in [-0.25, -0.2) is 9.45 Å². The van der Waals surface area contributed by atoms with Crippen molar-refractivity contribution in [3.05, 3.63) is 0 Å². The SMILES string of the molecule is CCCCCCCCOOP=O. The molecular weight excluding hydrogens is 175 g/mol. The minimum Gasteiger partial charge on any atom is -0.238 e. The Kier molecular flexibility index (Phi) is 11.0. The maximum absolute atomic E-state index is 9.73. The number of hydrogen-bond donors (Lipinski definition) is 0. The molecule has 4 heteroatoms. The topological polar surface area (TPSA) is 35.5 Å². The van der Waals surface area contributed by atoms with Gasteiger partial charge in [0.1, 0.15) is 0 Å². The average Bonchev–Trinajstić information content (AvgIpc) is 2.10. The van der Waals surface area contributed by atoms with Crippen molar-refractivity contribution in [2.24, 2.45) is 0 Å². The zero-order valence-electron chi connectivity index (χ0n) is 7.62. The second-order valence-corrected chi connectivity index (χ2v) is 3.04. The van der Waals surface area contributed by atoms with Gasteiger partial charge in [0.2, 0.25) is 0 Å². The first kappa shape index (κ1) is 12.0. The van der Waals surface area contributed by atoms with Gasteiger partial charge >= 0.3 is 8.69 Å². The summed E-state index contributed by atoms with van der Waals surface area (Å²) in [6, 6.07) is 0. The summed E-state index contributed by atoms with van der Waals surface area (Å²) in [5.74, 6) is 0. The van der Waals surface area contributed by atoms with Crippen LogP contribution in [0.15, 0.2) is 0 Å². The van der Waals surface area contributed by atoms with E-state index in [0.717, 1.165) is 6.42 Å². The van der Waals surface area contributed by atoms with Crippen LogP contribution in [-0.4, -0.2) is 6.61 Å². The summed E-state index contributed by atoms with van der Waals surface area (Å²) in [6.45, 7) is 2.74. The number of rotatable bonds is 9. The molecule has 0 aliphatic rings. The van der Waals surface area contributed by atoms with Gasteiger partial charge in [-0.05, 0) is 6.42 Å². The predicted octanol–water partition coefficient (Wildman–Crippen LogP) is 3.50. The summed E-state index contributed by atoms with van der Waals surface area (Å²) in [5.41, 5.74) is 0. The maximum atomic E-state index is 9.73. The lowest BCUT2D eigenvalue weighted by molar-refractivity contribution is -0.198. The fourth-order valence-corrected chi connectivity index (χ4v) is 1.12. The van der Waals surface area contributed by atoms with Crippen LogP contribution < -0.4 is 0 Å². The van der Waals surface area contributed by atoms with Crippen molar-refractivity contribution in [1.29, 1.82) is 0 Å². The second-order valence-electron chi connectivity index (χ2n) is 2.74. The van der Waals surface area contributed by atoms with Crippen molar-refractivity contribution < 1.29 is 14.1 Å². The van der Waals surface area contributed by atoms with Crippen LogP contribution in [0, 0.1) is 0 Å². The highest BCUT2D eigenvalue weighted by Gasteiger charge is 1.90. The van der Waals surface area contributed by atoms with E-state index in [-0.39, 0.29) is 0 Å². The van der Waals surface area contributed by atoms with Crippen LogP contribution in [0.5, 0.6) is 0 Å². The smallest absolute Gasteiger partial charge is 0.238 e. The summed E-state index contributed by atoms with van der Waals surface area (Å²) in [4.78, 5) is 4.56. The van der Waals surface area contributed by atoms with Gasteiger partial charge in [0.05, 0.1) is 6.61 Å². The molecule has 0 aromatic carbocycles. The Morgan fingerprint density at radius 3 is 2.42 bits per heavy atom. The highest BCUT2D eigenvalue weighted by molar-refractivity contribution is 7.17. The molecule has 3 nitrogen and oxygen atoms in total. The molecule has 0 aromatic heterocycles. The van der Waals surface area contributed by atoms with Crippen LogP contribution in [0.1, 0.15) is 45.4 Å². The molecule has 0 fully saturated rings. The van der Waals surface area contributed by atoms with E-state index >= 15 is 0 Å². The zero-order chi connectivity index (χ0) is 9.07. The minimum absolute atomic E-state index is 0.400. The molecule has 0 amide bonds. The fraction of sp³-hybridized carbons (Fsp3) is 1.00. The molecule has 0 unspecified atom stereocenters. The van der Waals surface area contributed by atoms with Gasteiger partial charge in [0.25, 0.3) is 0 Å². The molecule has 0 atom stereocenters. The van der Waals surface area contributed by atoms with Crippen LogP contribution in [-0.2, 0) is 14.1 Å². The lowest BCUT2D eigenvalue weighted by Crippen LogP contribution is -1.89. The Labute approximate surface area is 75.7 Å². The summed E-state index contributed by atoms with van der Waals surface area (Å²) >= 11 is 0. The van der Waals surface area contributed by atoms with Crippen LogP contribution >= 0.6 is 8.69 Å². The molecule has 0 saturated carbocycles. The molecule has 72 valence electrons. The zero-order valence-corrected chi connectivity index (χ0v) is 8.52. The lowest BCUT2D eigenvalue weighted by atomic mass is 10.1. The largest absolute Gasteiger partial charge is 0.358 e. The van der Waals surface area contributed by atoms with E-state index in [0.29, 0.717) is 6.61 Å². The molecule has 0 heterocycles. The van der Waals surface area contributed by atoms with Gasteiger partial charge in [-0.1, -0.05) is 39.0 Å². The number of unbranched alkanes of at least 4 members (excludes halogenated alkanes) is 5. The summed E-state index contributed by atoms with van der Waals surface area (Å²) in [6.07, 6.45) is 7.30. The highest BCUT2D eigenvalue weighted by Crippen LogP contribution is 2.05. The van der Waals surface area contributed by atoms with Crippen molar-refractivity contribution in [1.82, 2.24) is 0 Å². The lowest BCUT2D eigenvalue weighted by Gasteiger charge is -1.98. The predicted molar refractivity (Wildman–Crippen MR) is 48.0 cm³/mol. The van der Waals surface area contributed by atoms with Gasteiger partial charge < -0.3 is 0 Å². The third-order valence-corrected chi connectivity index (χ3v) is 1.83. The van der Waals surface area contributed by atoms with Gasteiger partial charge in [-0.15, -0.1) is 4.67 Å². The standard InChI is InChI=1S/C8H17O3P/c1-2-3-4-5-6-7-8-10-11-12-9/h2-8H2,1H3. The van der Waals surface area contributed by atoms with Gasteiger partial charge in [-0.3, -0.25) is 0 Å². The Balaban J connectivity index is 2.77. The molecule has 12 heavy (non-hydrogen) atoms. The van der Waals surface area contributed by atoms with Crippen molar-refractivity contribution in [3.8, 4) is 0 Å². The molecule has 0 aliphatic carbocycles. The van der Waals surface area contributed by atoms with E-state index in [9.17, 15) is 4.57 Å². The van der Waals surface area contributed by atoms with Crippen LogP contribution in [0.3, 0.4) is 0 Å². The molecule has 0 spiro atoms. The first-order chi connectivity index (χ1) is 5.91. The van der Waals surface area contributed by atoms with Crippen molar-refractivity contribution >= 4 is 8.69 Å². The molecular formula is C8H17O3P. The van der Waals surface area contributed by atoms with Crippen LogP contribution in [0.2, 0.25) is 0 Å². The summed E-state index contributed by atoms with van der Waals surface area (Å²) < 4.78 is 13.9. The molecule has 0 saturated heterocycles. The van der Waals surface area contributed by atoms with E-state index < -0.39 is 8.69 Å². The van der Waals surface area contributed by atoms with E-state index in [4.69, 9.17) is 0 Å². The monoisotopic (exact) mass is 192 g/mol. The molecule has 0 rings (SSSR count). The summed E-state index contributed by atoms with van der Waals surface area (Å²) in [5, 5.41) is 0. The maximum Gasteiger partial charge on any atom is 0.358 e. The third kappa shape index (κ3) is 10.0. The fourth-order valence-electron chi connectivity index (χ4n) is 1.00. The minimum atomic E-state index is -0.400.